The first-order valence-corrected chi connectivity index (χ1v) is 13.4. The third kappa shape index (κ3) is 6.51. The Hall–Kier alpha value is -3.89. The second-order valence-corrected chi connectivity index (χ2v) is 10.6. The van der Waals surface area contributed by atoms with E-state index in [1.165, 1.54) is 20.1 Å². The van der Waals surface area contributed by atoms with E-state index in [0.717, 1.165) is 23.1 Å². The minimum absolute atomic E-state index is 0.0439. The highest BCUT2D eigenvalue weighted by molar-refractivity contribution is 5.84. The van der Waals surface area contributed by atoms with E-state index in [0.29, 0.717) is 18.2 Å². The number of halogens is 10. The van der Waals surface area contributed by atoms with Crippen molar-refractivity contribution in [1.29, 1.82) is 0 Å². The normalized spacial score (nSPS) is 18.8. The van der Waals surface area contributed by atoms with E-state index in [9.17, 15) is 44.3 Å². The van der Waals surface area contributed by atoms with E-state index in [1.807, 2.05) is 0 Å². The van der Waals surface area contributed by atoms with Crippen LogP contribution in [0.3, 0.4) is 0 Å². The van der Waals surface area contributed by atoms with Crippen LogP contribution in [0.1, 0.15) is 46.4 Å². The summed E-state index contributed by atoms with van der Waals surface area (Å²) in [4.78, 5) is 14.1. The van der Waals surface area contributed by atoms with Crippen molar-refractivity contribution in [2.45, 2.75) is 43.9 Å². The smallest absolute Gasteiger partial charge is 0.416 e. The summed E-state index contributed by atoms with van der Waals surface area (Å²) in [5.41, 5.74) is -5.35. The van der Waals surface area contributed by atoms with Gasteiger partial charge in [0.2, 0.25) is 0 Å². The molecule has 3 aromatic rings. The third-order valence-electron chi connectivity index (χ3n) is 7.55. The second kappa shape index (κ2) is 11.7. The lowest BCUT2D eigenvalue weighted by molar-refractivity contribution is -0.151. The maximum Gasteiger partial charge on any atom is 0.416 e. The quantitative estimate of drug-likeness (QED) is 0.251. The number of carbonyl (C=O) groups excluding carboxylic acids is 1. The molecule has 3 aromatic carbocycles. The lowest BCUT2D eigenvalue weighted by Crippen LogP contribution is -2.27. The minimum atomic E-state index is -5.19. The van der Waals surface area contributed by atoms with Crippen LogP contribution in [-0.4, -0.2) is 37.9 Å². The molecule has 0 spiro atoms. The summed E-state index contributed by atoms with van der Waals surface area (Å²) >= 11 is 0. The van der Waals surface area contributed by atoms with Gasteiger partial charge in [0.15, 0.2) is 11.9 Å². The lowest BCUT2D eigenvalue weighted by atomic mass is 9.93. The Labute approximate surface area is 254 Å². The molecule has 2 aliphatic heterocycles. The molecule has 2 saturated heterocycles. The number of methoxy groups -OCH3 is 1. The van der Waals surface area contributed by atoms with Gasteiger partial charge >= 0.3 is 18.5 Å². The van der Waals surface area contributed by atoms with Crippen molar-refractivity contribution >= 4 is 5.91 Å². The highest BCUT2D eigenvalue weighted by atomic mass is 19.4. The summed E-state index contributed by atoms with van der Waals surface area (Å²) in [5.74, 6) is -3.54. The van der Waals surface area contributed by atoms with Gasteiger partial charge in [-0.25, -0.2) is 4.39 Å². The van der Waals surface area contributed by atoms with Gasteiger partial charge in [-0.2, -0.15) is 39.5 Å². The number of hydrogen-bond donors (Lipinski definition) is 0. The molecule has 1 amide bonds. The number of hydrogen-bond acceptors (Lipinski definition) is 5. The summed E-state index contributed by atoms with van der Waals surface area (Å²) in [6.07, 6.45) is -17.1. The summed E-state index contributed by atoms with van der Waals surface area (Å²) in [5, 5.41) is 0. The summed E-state index contributed by atoms with van der Waals surface area (Å²) < 4.78 is 159. The number of ether oxygens (including phenoxy) is 4. The Kier molecular flexibility index (Phi) is 8.53. The molecule has 2 fully saturated rings. The highest BCUT2D eigenvalue weighted by Gasteiger charge is 2.42. The third-order valence-corrected chi connectivity index (χ3v) is 7.55. The number of benzene rings is 3. The molecule has 0 aromatic heterocycles. The first-order chi connectivity index (χ1) is 21.3. The molecule has 0 unspecified atom stereocenters. The Balaban J connectivity index is 1.56. The van der Waals surface area contributed by atoms with Crippen LogP contribution >= 0.6 is 0 Å². The fourth-order valence-corrected chi connectivity index (χ4v) is 5.28. The number of carbonyl (C=O) groups is 1. The molecule has 1 atom stereocenters. The fourth-order valence-electron chi connectivity index (χ4n) is 5.28. The Bertz CT molecular complexity index is 1610. The number of alkyl halides is 9. The molecular formula is C30H23F10NO5. The van der Waals surface area contributed by atoms with Crippen LogP contribution in [0.5, 0.6) is 5.75 Å². The van der Waals surface area contributed by atoms with Crippen molar-refractivity contribution in [2.75, 3.05) is 27.1 Å². The molecule has 0 saturated carbocycles. The monoisotopic (exact) mass is 667 g/mol. The maximum atomic E-state index is 15.1. The van der Waals surface area contributed by atoms with Crippen LogP contribution in [0.15, 0.2) is 48.5 Å². The van der Waals surface area contributed by atoms with Crippen LogP contribution in [-0.2, 0) is 49.9 Å². The van der Waals surface area contributed by atoms with Crippen LogP contribution in [0, 0.1) is 5.82 Å². The Morgan fingerprint density at radius 2 is 1.41 bits per heavy atom. The molecule has 0 radical (unpaired) electrons. The van der Waals surface area contributed by atoms with Crippen LogP contribution in [0.2, 0.25) is 0 Å². The van der Waals surface area contributed by atoms with Gasteiger partial charge in [0.05, 0.1) is 37.0 Å². The molecule has 248 valence electrons. The zero-order valence-electron chi connectivity index (χ0n) is 23.8. The van der Waals surface area contributed by atoms with E-state index in [1.54, 1.807) is 0 Å². The molecule has 0 aliphatic carbocycles. The van der Waals surface area contributed by atoms with Crippen molar-refractivity contribution in [2.24, 2.45) is 0 Å². The molecule has 46 heavy (non-hydrogen) atoms. The van der Waals surface area contributed by atoms with Gasteiger partial charge in [0.25, 0.3) is 5.91 Å². The fraction of sp³-hybridized carbons (Fsp3) is 0.367. The van der Waals surface area contributed by atoms with Crippen molar-refractivity contribution in [3.63, 3.8) is 0 Å². The standard InChI is InChI=1S/C30H23F10NO5/c1-27(45-5-6-46-27)22-11-21(24(43-2)12-23(22)31)20-4-3-17(28(32,33)34)9-16(20)13-41-14-44-25(26(41)42)15-7-18(29(35,36)37)10-19(8-15)30(38,39)40/h3-4,7-12,25H,5-6,13-14H2,1-2H3/t25-/m1/s1. The average molecular weight is 667 g/mol. The second-order valence-electron chi connectivity index (χ2n) is 10.6. The molecule has 0 N–H and O–H groups in total. The Morgan fingerprint density at radius 3 is 1.96 bits per heavy atom. The van der Waals surface area contributed by atoms with Crippen molar-refractivity contribution in [3.05, 3.63) is 87.7 Å². The van der Waals surface area contributed by atoms with Gasteiger partial charge in [-0.15, -0.1) is 0 Å². The largest absolute Gasteiger partial charge is 0.496 e. The Morgan fingerprint density at radius 1 is 0.826 bits per heavy atom. The van der Waals surface area contributed by atoms with E-state index < -0.39 is 77.7 Å². The average Bonchev–Trinajstić information content (AvgIpc) is 3.57. The van der Waals surface area contributed by atoms with Crippen molar-refractivity contribution < 1.29 is 67.6 Å². The molecular weight excluding hydrogens is 644 g/mol. The molecule has 2 aliphatic rings. The lowest BCUT2D eigenvalue weighted by Gasteiger charge is -2.25. The zero-order valence-corrected chi connectivity index (χ0v) is 23.8. The zero-order chi connectivity index (χ0) is 33.8. The molecule has 0 bridgehead atoms. The van der Waals surface area contributed by atoms with Crippen LogP contribution in [0.25, 0.3) is 11.1 Å². The van der Waals surface area contributed by atoms with Gasteiger partial charge in [-0.05, 0) is 60.0 Å². The number of amides is 1. The number of rotatable bonds is 6. The summed E-state index contributed by atoms with van der Waals surface area (Å²) in [6, 6.07) is 5.35. The highest BCUT2D eigenvalue weighted by Crippen LogP contribution is 2.43. The molecule has 6 nitrogen and oxygen atoms in total. The predicted octanol–water partition coefficient (Wildman–Crippen LogP) is 7.83. The first kappa shape index (κ1) is 33.5. The van der Waals surface area contributed by atoms with Crippen molar-refractivity contribution in [3.8, 4) is 16.9 Å². The predicted molar refractivity (Wildman–Crippen MR) is 138 cm³/mol. The van der Waals surface area contributed by atoms with E-state index in [4.69, 9.17) is 18.9 Å². The number of nitrogens with zero attached hydrogens (tertiary/aromatic N) is 1. The van der Waals surface area contributed by atoms with Gasteiger partial charge in [0.1, 0.15) is 18.3 Å². The molecule has 16 heteroatoms. The van der Waals surface area contributed by atoms with Gasteiger partial charge in [-0.3, -0.25) is 4.79 Å². The van der Waals surface area contributed by atoms with E-state index in [2.05, 4.69) is 0 Å². The van der Waals surface area contributed by atoms with Gasteiger partial charge in [-0.1, -0.05) is 6.07 Å². The van der Waals surface area contributed by atoms with Gasteiger partial charge < -0.3 is 23.8 Å². The summed E-state index contributed by atoms with van der Waals surface area (Å²) in [7, 11) is 1.19. The topological polar surface area (TPSA) is 57.2 Å². The maximum absolute atomic E-state index is 15.1. The van der Waals surface area contributed by atoms with E-state index in [-0.39, 0.29) is 47.3 Å². The first-order valence-electron chi connectivity index (χ1n) is 13.4. The van der Waals surface area contributed by atoms with Crippen molar-refractivity contribution in [1.82, 2.24) is 4.90 Å². The van der Waals surface area contributed by atoms with Crippen LogP contribution in [0.4, 0.5) is 43.9 Å². The molecule has 2 heterocycles. The SMILES string of the molecule is COc1cc(F)c(C2(C)OCCO2)cc1-c1ccc(C(F)(F)F)cc1CN1CO[C@H](c2cc(C(F)(F)F)cc(C(F)(F)F)c2)C1=O. The van der Waals surface area contributed by atoms with Gasteiger partial charge in [0, 0.05) is 23.7 Å². The summed E-state index contributed by atoms with van der Waals surface area (Å²) in [6.45, 7) is 0.414. The van der Waals surface area contributed by atoms with Crippen LogP contribution < -0.4 is 4.74 Å². The van der Waals surface area contributed by atoms with E-state index >= 15 is 4.39 Å². The minimum Gasteiger partial charge on any atom is -0.496 e. The molecule has 5 rings (SSSR count).